The lowest BCUT2D eigenvalue weighted by Crippen LogP contribution is -1.99. The number of alkyl halides is 1. The van der Waals surface area contributed by atoms with E-state index in [2.05, 4.69) is 15.9 Å². The van der Waals surface area contributed by atoms with Gasteiger partial charge in [0.15, 0.2) is 0 Å². The van der Waals surface area contributed by atoms with Gasteiger partial charge < -0.3 is 5.11 Å². The van der Waals surface area contributed by atoms with Gasteiger partial charge in [-0.25, -0.2) is 0 Å². The standard InChI is InChI=1S/C8H8BrClO/c9-8(11)5-6-1-3-7(10)4-2-6/h1-4,8,11H,5H2. The quantitative estimate of drug-likeness (QED) is 0.781. The van der Waals surface area contributed by atoms with Gasteiger partial charge in [-0.1, -0.05) is 39.7 Å². The molecule has 1 nitrogen and oxygen atoms in total. The van der Waals surface area contributed by atoms with Crippen molar-refractivity contribution in [2.45, 2.75) is 11.4 Å². The number of aliphatic hydroxyl groups is 1. The van der Waals surface area contributed by atoms with Gasteiger partial charge in [-0.05, 0) is 17.7 Å². The maximum Gasteiger partial charge on any atom is 0.113 e. The van der Waals surface area contributed by atoms with E-state index < -0.39 is 5.01 Å². The zero-order valence-corrected chi connectivity index (χ0v) is 8.14. The van der Waals surface area contributed by atoms with Crippen molar-refractivity contribution < 1.29 is 5.11 Å². The van der Waals surface area contributed by atoms with Crippen LogP contribution in [0.4, 0.5) is 0 Å². The van der Waals surface area contributed by atoms with Gasteiger partial charge >= 0.3 is 0 Å². The van der Waals surface area contributed by atoms with E-state index in [1.807, 2.05) is 24.3 Å². The SMILES string of the molecule is OC(Br)Cc1ccc(Cl)cc1. The molecule has 0 aromatic heterocycles. The first kappa shape index (κ1) is 9.04. The minimum Gasteiger partial charge on any atom is -0.382 e. The van der Waals surface area contributed by atoms with Crippen LogP contribution in [0.2, 0.25) is 5.02 Å². The van der Waals surface area contributed by atoms with E-state index in [1.54, 1.807) is 0 Å². The molecule has 1 unspecified atom stereocenters. The number of benzene rings is 1. The molecule has 0 aliphatic carbocycles. The van der Waals surface area contributed by atoms with E-state index in [0.717, 1.165) is 10.6 Å². The lowest BCUT2D eigenvalue weighted by molar-refractivity contribution is 0.271. The Morgan fingerprint density at radius 2 is 1.91 bits per heavy atom. The number of halogens is 2. The fraction of sp³-hybridized carbons (Fsp3) is 0.250. The number of hydrogen-bond donors (Lipinski definition) is 1. The molecule has 0 radical (unpaired) electrons. The number of rotatable bonds is 2. The van der Waals surface area contributed by atoms with Crippen LogP contribution in [0, 0.1) is 0 Å². The van der Waals surface area contributed by atoms with Crippen molar-refractivity contribution in [3.05, 3.63) is 34.9 Å². The third kappa shape index (κ3) is 3.23. The van der Waals surface area contributed by atoms with Crippen LogP contribution in [0.15, 0.2) is 24.3 Å². The van der Waals surface area contributed by atoms with Crippen LogP contribution in [0.5, 0.6) is 0 Å². The zero-order chi connectivity index (χ0) is 8.27. The Morgan fingerprint density at radius 1 is 1.36 bits per heavy atom. The topological polar surface area (TPSA) is 20.2 Å². The Balaban J connectivity index is 2.66. The maximum atomic E-state index is 8.96. The van der Waals surface area contributed by atoms with Gasteiger partial charge in [-0.2, -0.15) is 0 Å². The van der Waals surface area contributed by atoms with E-state index in [0.29, 0.717) is 6.42 Å². The molecule has 0 aliphatic heterocycles. The third-order valence-electron chi connectivity index (χ3n) is 1.32. The molecule has 1 aromatic carbocycles. The second-order valence-electron chi connectivity index (χ2n) is 2.27. The molecule has 0 fully saturated rings. The zero-order valence-electron chi connectivity index (χ0n) is 5.80. The summed E-state index contributed by atoms with van der Waals surface area (Å²) in [4.78, 5) is 0. The summed E-state index contributed by atoms with van der Waals surface area (Å²) in [7, 11) is 0. The smallest absolute Gasteiger partial charge is 0.113 e. The fourth-order valence-corrected chi connectivity index (χ4v) is 1.31. The van der Waals surface area contributed by atoms with Gasteiger partial charge in [0, 0.05) is 11.4 Å². The molecule has 0 saturated heterocycles. The van der Waals surface area contributed by atoms with E-state index in [-0.39, 0.29) is 0 Å². The summed E-state index contributed by atoms with van der Waals surface area (Å²) in [6.45, 7) is 0. The normalized spacial score (nSPS) is 13.0. The highest BCUT2D eigenvalue weighted by Crippen LogP contribution is 2.12. The first-order valence-corrected chi connectivity index (χ1v) is 4.54. The monoisotopic (exact) mass is 234 g/mol. The predicted molar refractivity (Wildman–Crippen MR) is 50.1 cm³/mol. The fourth-order valence-electron chi connectivity index (χ4n) is 0.815. The molecular formula is C8H8BrClO. The van der Waals surface area contributed by atoms with Crippen molar-refractivity contribution in [3.8, 4) is 0 Å². The van der Waals surface area contributed by atoms with Crippen molar-refractivity contribution in [1.29, 1.82) is 0 Å². The minimum atomic E-state index is -0.469. The van der Waals surface area contributed by atoms with Crippen LogP contribution in [0.1, 0.15) is 5.56 Å². The molecule has 1 aromatic rings. The van der Waals surface area contributed by atoms with Crippen LogP contribution in [-0.4, -0.2) is 10.1 Å². The van der Waals surface area contributed by atoms with Gasteiger partial charge in [0.05, 0.1) is 0 Å². The van der Waals surface area contributed by atoms with Gasteiger partial charge in [-0.15, -0.1) is 0 Å². The lowest BCUT2D eigenvalue weighted by atomic mass is 10.2. The summed E-state index contributed by atoms with van der Waals surface area (Å²) >= 11 is 8.73. The van der Waals surface area contributed by atoms with E-state index in [4.69, 9.17) is 16.7 Å². The van der Waals surface area contributed by atoms with E-state index in [1.165, 1.54) is 0 Å². The Hall–Kier alpha value is -0.0500. The molecule has 0 heterocycles. The molecule has 0 amide bonds. The van der Waals surface area contributed by atoms with Crippen LogP contribution in [0.25, 0.3) is 0 Å². The molecule has 11 heavy (non-hydrogen) atoms. The number of hydrogen-bond acceptors (Lipinski definition) is 1. The molecule has 1 rings (SSSR count). The molecule has 0 saturated carbocycles. The third-order valence-corrected chi connectivity index (χ3v) is 1.89. The van der Waals surface area contributed by atoms with Crippen molar-refractivity contribution in [2.75, 3.05) is 0 Å². The average Bonchev–Trinajstić information content (AvgIpc) is 1.93. The van der Waals surface area contributed by atoms with Crippen LogP contribution < -0.4 is 0 Å². The van der Waals surface area contributed by atoms with Crippen LogP contribution in [-0.2, 0) is 6.42 Å². The van der Waals surface area contributed by atoms with Crippen molar-refractivity contribution in [3.63, 3.8) is 0 Å². The summed E-state index contributed by atoms with van der Waals surface area (Å²) in [5, 5.41) is 9.21. The van der Waals surface area contributed by atoms with E-state index >= 15 is 0 Å². The molecule has 1 N–H and O–H groups in total. The van der Waals surface area contributed by atoms with Crippen molar-refractivity contribution >= 4 is 27.5 Å². The van der Waals surface area contributed by atoms with Gasteiger partial charge in [-0.3, -0.25) is 0 Å². The Bertz CT molecular complexity index is 220. The Labute approximate surface area is 79.1 Å². The van der Waals surface area contributed by atoms with Crippen LogP contribution in [0.3, 0.4) is 0 Å². The van der Waals surface area contributed by atoms with Crippen molar-refractivity contribution in [1.82, 2.24) is 0 Å². The van der Waals surface area contributed by atoms with E-state index in [9.17, 15) is 0 Å². The molecule has 0 bridgehead atoms. The summed E-state index contributed by atoms with van der Waals surface area (Å²) in [6, 6.07) is 7.41. The lowest BCUT2D eigenvalue weighted by Gasteiger charge is -2.01. The summed E-state index contributed by atoms with van der Waals surface area (Å²) < 4.78 is 0. The maximum absolute atomic E-state index is 8.96. The van der Waals surface area contributed by atoms with Crippen LogP contribution >= 0.6 is 27.5 Å². The predicted octanol–water partition coefficient (Wildman–Crippen LogP) is 2.60. The molecule has 0 aliphatic rings. The first-order chi connectivity index (χ1) is 5.18. The molecule has 60 valence electrons. The average molecular weight is 236 g/mol. The summed E-state index contributed by atoms with van der Waals surface area (Å²) in [5.41, 5.74) is 1.07. The van der Waals surface area contributed by atoms with Crippen molar-refractivity contribution in [2.24, 2.45) is 0 Å². The van der Waals surface area contributed by atoms with Gasteiger partial charge in [0.2, 0.25) is 0 Å². The first-order valence-electron chi connectivity index (χ1n) is 3.25. The molecule has 1 atom stereocenters. The number of aliphatic hydroxyl groups excluding tert-OH is 1. The molecule has 3 heteroatoms. The minimum absolute atomic E-state index is 0.469. The van der Waals surface area contributed by atoms with Gasteiger partial charge in [0.1, 0.15) is 5.01 Å². The van der Waals surface area contributed by atoms with Gasteiger partial charge in [0.25, 0.3) is 0 Å². The second kappa shape index (κ2) is 4.10. The highest BCUT2D eigenvalue weighted by atomic mass is 79.9. The molecular weight excluding hydrogens is 227 g/mol. The summed E-state index contributed by atoms with van der Waals surface area (Å²) in [6.07, 6.45) is 0.608. The Kier molecular flexibility index (Phi) is 3.37. The Morgan fingerprint density at radius 3 is 2.36 bits per heavy atom. The summed E-state index contributed by atoms with van der Waals surface area (Å²) in [5.74, 6) is 0. The second-order valence-corrected chi connectivity index (χ2v) is 3.76. The molecule has 0 spiro atoms. The largest absolute Gasteiger partial charge is 0.382 e. The highest BCUT2D eigenvalue weighted by molar-refractivity contribution is 9.09. The highest BCUT2D eigenvalue weighted by Gasteiger charge is 1.98.